The molecule has 0 aromatic heterocycles. The zero-order valence-corrected chi connectivity index (χ0v) is 8.87. The third-order valence-electron chi connectivity index (χ3n) is 3.05. The second kappa shape index (κ2) is 2.79. The van der Waals surface area contributed by atoms with Crippen LogP contribution in [-0.2, 0) is 19.1 Å². The van der Waals surface area contributed by atoms with Crippen molar-refractivity contribution >= 4 is 11.6 Å². The summed E-state index contributed by atoms with van der Waals surface area (Å²) in [6.45, 7) is 3.04. The van der Waals surface area contributed by atoms with Crippen LogP contribution in [0.25, 0.3) is 0 Å². The molecule has 2 aliphatic rings. The van der Waals surface area contributed by atoms with Crippen LogP contribution in [0.2, 0.25) is 0 Å². The first-order valence-electron chi connectivity index (χ1n) is 4.67. The second-order valence-corrected chi connectivity index (χ2v) is 3.88. The maximum Gasteiger partial charge on any atom is 0.195 e. The zero-order valence-electron chi connectivity index (χ0n) is 8.87. The molecule has 4 nitrogen and oxygen atoms in total. The molecular formula is C11H12O4. The monoisotopic (exact) mass is 208 g/mol. The van der Waals surface area contributed by atoms with Crippen molar-refractivity contribution in [3.63, 3.8) is 0 Å². The maximum absolute atomic E-state index is 11.7. The van der Waals surface area contributed by atoms with E-state index in [-0.39, 0.29) is 11.6 Å². The van der Waals surface area contributed by atoms with E-state index in [4.69, 9.17) is 9.47 Å². The Kier molecular flexibility index (Phi) is 1.88. The van der Waals surface area contributed by atoms with E-state index in [0.29, 0.717) is 5.76 Å². The summed E-state index contributed by atoms with van der Waals surface area (Å²) in [5.41, 5.74) is -2.16. The van der Waals surface area contributed by atoms with Gasteiger partial charge in [0.05, 0.1) is 7.11 Å². The fourth-order valence-electron chi connectivity index (χ4n) is 1.81. The molecule has 80 valence electrons. The lowest BCUT2D eigenvalue weighted by Crippen LogP contribution is -2.35. The van der Waals surface area contributed by atoms with Gasteiger partial charge in [0.15, 0.2) is 22.8 Å². The van der Waals surface area contributed by atoms with Gasteiger partial charge in [-0.2, -0.15) is 0 Å². The number of ketones is 2. The smallest absolute Gasteiger partial charge is 0.195 e. The summed E-state index contributed by atoms with van der Waals surface area (Å²) < 4.78 is 10.4. The molecule has 4 heteroatoms. The predicted octanol–water partition coefficient (Wildman–Crippen LogP) is 0.772. The van der Waals surface area contributed by atoms with Crippen molar-refractivity contribution < 1.29 is 19.1 Å². The lowest BCUT2D eigenvalue weighted by Gasteiger charge is -2.13. The third kappa shape index (κ3) is 1.11. The van der Waals surface area contributed by atoms with Crippen LogP contribution in [0, 0.1) is 0 Å². The minimum absolute atomic E-state index is 0.155. The molecule has 0 amide bonds. The van der Waals surface area contributed by atoms with Gasteiger partial charge in [-0.1, -0.05) is 0 Å². The van der Waals surface area contributed by atoms with Crippen molar-refractivity contribution in [2.24, 2.45) is 0 Å². The molecule has 2 unspecified atom stereocenters. The van der Waals surface area contributed by atoms with Crippen molar-refractivity contribution in [2.75, 3.05) is 7.11 Å². The Hall–Kier alpha value is -1.42. The highest BCUT2D eigenvalue weighted by Crippen LogP contribution is 2.52. The van der Waals surface area contributed by atoms with Gasteiger partial charge in [0.2, 0.25) is 0 Å². The van der Waals surface area contributed by atoms with Crippen molar-refractivity contribution in [3.8, 4) is 0 Å². The molecule has 0 radical (unpaired) electrons. The summed E-state index contributed by atoms with van der Waals surface area (Å²) >= 11 is 0. The highest BCUT2D eigenvalue weighted by atomic mass is 16.6. The Labute approximate surface area is 87.5 Å². The molecule has 0 saturated carbocycles. The Morgan fingerprint density at radius 2 is 2.13 bits per heavy atom. The molecule has 1 aliphatic carbocycles. The summed E-state index contributed by atoms with van der Waals surface area (Å²) in [6.07, 6.45) is 4.51. The Balaban J connectivity index is 2.40. The van der Waals surface area contributed by atoms with Crippen LogP contribution in [0.1, 0.15) is 13.8 Å². The number of hydrogen-bond acceptors (Lipinski definition) is 4. The highest BCUT2D eigenvalue weighted by molar-refractivity contribution is 6.10. The van der Waals surface area contributed by atoms with Gasteiger partial charge in [0, 0.05) is 6.08 Å². The first-order valence-corrected chi connectivity index (χ1v) is 4.67. The fraction of sp³-hybridized carbons (Fsp3) is 0.455. The standard InChI is InChI=1S/C11H12O4/c1-7(12)10(2)11(15-10)6-8(14-3)4-5-9(11)13/h4-6H,1-3H3. The van der Waals surface area contributed by atoms with Crippen LogP contribution < -0.4 is 0 Å². The Morgan fingerprint density at radius 3 is 2.60 bits per heavy atom. The largest absolute Gasteiger partial charge is 0.497 e. The Morgan fingerprint density at radius 1 is 1.47 bits per heavy atom. The molecule has 0 aromatic carbocycles. The van der Waals surface area contributed by atoms with Gasteiger partial charge in [0.1, 0.15) is 5.76 Å². The topological polar surface area (TPSA) is 55.9 Å². The van der Waals surface area contributed by atoms with E-state index in [1.54, 1.807) is 19.1 Å². The first-order chi connectivity index (χ1) is 6.96. The number of rotatable bonds is 2. The van der Waals surface area contributed by atoms with Crippen LogP contribution in [0.5, 0.6) is 0 Å². The number of Topliss-reactive ketones (excluding diaryl/α,β-unsaturated/α-hetero) is 1. The van der Waals surface area contributed by atoms with Crippen molar-refractivity contribution in [3.05, 3.63) is 24.0 Å². The van der Waals surface area contributed by atoms with E-state index >= 15 is 0 Å². The van der Waals surface area contributed by atoms with Gasteiger partial charge in [-0.3, -0.25) is 9.59 Å². The quantitative estimate of drug-likeness (QED) is 0.629. The van der Waals surface area contributed by atoms with E-state index in [1.807, 2.05) is 0 Å². The van der Waals surface area contributed by atoms with E-state index in [9.17, 15) is 9.59 Å². The number of carbonyl (C=O) groups is 2. The van der Waals surface area contributed by atoms with Crippen molar-refractivity contribution in [1.29, 1.82) is 0 Å². The summed E-state index contributed by atoms with van der Waals surface area (Å²) in [6, 6.07) is 0. The molecule has 2 rings (SSSR count). The Bertz CT molecular complexity index is 407. The number of hydrogen-bond donors (Lipinski definition) is 0. The minimum atomic E-state index is -1.13. The lowest BCUT2D eigenvalue weighted by molar-refractivity contribution is -0.122. The SMILES string of the molecule is COC1=CC2(OC2(C)C(C)=O)C(=O)C=C1. The summed E-state index contributed by atoms with van der Waals surface area (Å²) in [5, 5.41) is 0. The number of carbonyl (C=O) groups excluding carboxylic acids is 2. The molecule has 0 aromatic rings. The van der Waals surface area contributed by atoms with E-state index in [2.05, 4.69) is 0 Å². The maximum atomic E-state index is 11.7. The summed E-state index contributed by atoms with van der Waals surface area (Å²) in [4.78, 5) is 23.1. The number of allylic oxidation sites excluding steroid dienone is 1. The van der Waals surface area contributed by atoms with Crippen LogP contribution in [0.4, 0.5) is 0 Å². The number of ether oxygens (including phenoxy) is 2. The van der Waals surface area contributed by atoms with Gasteiger partial charge in [-0.05, 0) is 26.0 Å². The van der Waals surface area contributed by atoms with Crippen LogP contribution in [-0.4, -0.2) is 29.9 Å². The average molecular weight is 208 g/mol. The zero-order chi connectivity index (χ0) is 11.3. The highest BCUT2D eigenvalue weighted by Gasteiger charge is 2.73. The molecule has 0 N–H and O–H groups in total. The molecular weight excluding hydrogens is 196 g/mol. The van der Waals surface area contributed by atoms with Crippen LogP contribution in [0.3, 0.4) is 0 Å². The van der Waals surface area contributed by atoms with Crippen molar-refractivity contribution in [1.82, 2.24) is 0 Å². The molecule has 2 atom stereocenters. The van der Waals surface area contributed by atoms with Gasteiger partial charge >= 0.3 is 0 Å². The molecule has 1 spiro atoms. The third-order valence-corrected chi connectivity index (χ3v) is 3.05. The first kappa shape index (κ1) is 10.1. The van der Waals surface area contributed by atoms with Crippen LogP contribution >= 0.6 is 0 Å². The molecule has 1 aliphatic heterocycles. The molecule has 0 bridgehead atoms. The molecule has 1 saturated heterocycles. The summed E-state index contributed by atoms with van der Waals surface area (Å²) in [5.74, 6) is 0.179. The van der Waals surface area contributed by atoms with E-state index in [0.717, 1.165) is 0 Å². The molecule has 1 fully saturated rings. The van der Waals surface area contributed by atoms with Gasteiger partial charge in [-0.15, -0.1) is 0 Å². The fourth-order valence-corrected chi connectivity index (χ4v) is 1.81. The van der Waals surface area contributed by atoms with Crippen molar-refractivity contribution in [2.45, 2.75) is 25.0 Å². The average Bonchev–Trinajstić information content (AvgIpc) is 2.79. The number of methoxy groups -OCH3 is 1. The molecule has 15 heavy (non-hydrogen) atoms. The van der Waals surface area contributed by atoms with Gasteiger partial charge in [0.25, 0.3) is 0 Å². The number of epoxide rings is 1. The minimum Gasteiger partial charge on any atom is -0.497 e. The van der Waals surface area contributed by atoms with E-state index in [1.165, 1.54) is 20.1 Å². The van der Waals surface area contributed by atoms with E-state index < -0.39 is 11.2 Å². The normalized spacial score (nSPS) is 37.8. The van der Waals surface area contributed by atoms with Gasteiger partial charge < -0.3 is 9.47 Å². The predicted molar refractivity (Wildman–Crippen MR) is 52.1 cm³/mol. The second-order valence-electron chi connectivity index (χ2n) is 3.88. The van der Waals surface area contributed by atoms with Gasteiger partial charge in [-0.25, -0.2) is 0 Å². The van der Waals surface area contributed by atoms with Crippen LogP contribution in [0.15, 0.2) is 24.0 Å². The lowest BCUT2D eigenvalue weighted by atomic mass is 9.84. The summed E-state index contributed by atoms with van der Waals surface area (Å²) in [7, 11) is 1.51. The molecule has 1 heterocycles.